The molecule has 1 aromatic rings. The van der Waals surface area contributed by atoms with Crippen molar-refractivity contribution in [1.82, 2.24) is 0 Å². The van der Waals surface area contributed by atoms with Gasteiger partial charge in [0.05, 0.1) is 0 Å². The number of rotatable bonds is 1. The topological polar surface area (TPSA) is 3.24 Å². The van der Waals surface area contributed by atoms with E-state index in [1.165, 1.54) is 49.2 Å². The van der Waals surface area contributed by atoms with Crippen LogP contribution in [0, 0.1) is 0 Å². The Bertz CT molecular complexity index is 454. The molecule has 20 heavy (non-hydrogen) atoms. The van der Waals surface area contributed by atoms with Gasteiger partial charge in [-0.15, -0.1) is 0 Å². The molecule has 0 aromatic heterocycles. The molecule has 1 saturated heterocycles. The van der Waals surface area contributed by atoms with Crippen molar-refractivity contribution >= 4 is 5.69 Å². The molecule has 1 fully saturated rings. The third-order valence-electron chi connectivity index (χ3n) is 4.37. The molecule has 1 aromatic carbocycles. The van der Waals surface area contributed by atoms with Crippen LogP contribution in [0.1, 0.15) is 71.9 Å². The minimum Gasteiger partial charge on any atom is -0.371 e. The molecule has 2 rings (SSSR count). The van der Waals surface area contributed by atoms with E-state index in [0.29, 0.717) is 0 Å². The highest BCUT2D eigenvalue weighted by molar-refractivity contribution is 5.58. The maximum absolute atomic E-state index is 2.59. The average molecular weight is 273 g/mol. The Morgan fingerprint density at radius 1 is 0.800 bits per heavy atom. The van der Waals surface area contributed by atoms with Gasteiger partial charge in [-0.1, -0.05) is 53.7 Å². The van der Waals surface area contributed by atoms with Crippen LogP contribution >= 0.6 is 0 Å². The van der Waals surface area contributed by atoms with Crippen molar-refractivity contribution in [2.45, 2.75) is 71.6 Å². The van der Waals surface area contributed by atoms with Crippen molar-refractivity contribution in [2.24, 2.45) is 0 Å². The van der Waals surface area contributed by atoms with Gasteiger partial charge in [-0.05, 0) is 47.3 Å². The Balaban J connectivity index is 2.45. The number of piperidine rings is 1. The zero-order valence-corrected chi connectivity index (χ0v) is 14.2. The lowest BCUT2D eigenvalue weighted by Gasteiger charge is -2.35. The van der Waals surface area contributed by atoms with E-state index in [1.807, 2.05) is 0 Å². The van der Waals surface area contributed by atoms with Crippen LogP contribution in [0.15, 0.2) is 18.2 Å². The monoisotopic (exact) mass is 273 g/mol. The van der Waals surface area contributed by atoms with E-state index in [4.69, 9.17) is 0 Å². The molecule has 0 saturated carbocycles. The number of anilines is 1. The third-order valence-corrected chi connectivity index (χ3v) is 4.37. The van der Waals surface area contributed by atoms with Crippen LogP contribution in [0.4, 0.5) is 5.69 Å². The van der Waals surface area contributed by atoms with Gasteiger partial charge in [0.25, 0.3) is 0 Å². The summed E-state index contributed by atoms with van der Waals surface area (Å²) in [6, 6.07) is 7.15. The largest absolute Gasteiger partial charge is 0.371 e. The summed E-state index contributed by atoms with van der Waals surface area (Å²) in [5.41, 5.74) is 4.84. The van der Waals surface area contributed by atoms with Crippen LogP contribution in [0.3, 0.4) is 0 Å². The van der Waals surface area contributed by atoms with Crippen molar-refractivity contribution in [3.8, 4) is 0 Å². The first-order chi connectivity index (χ1) is 9.19. The molecule has 0 unspecified atom stereocenters. The van der Waals surface area contributed by atoms with Crippen molar-refractivity contribution < 1.29 is 0 Å². The van der Waals surface area contributed by atoms with Gasteiger partial charge >= 0.3 is 0 Å². The number of hydrogen-bond acceptors (Lipinski definition) is 1. The Morgan fingerprint density at radius 2 is 1.40 bits per heavy atom. The first kappa shape index (κ1) is 15.4. The summed E-state index contributed by atoms with van der Waals surface area (Å²) in [5, 5.41) is 0. The third kappa shape index (κ3) is 3.37. The molecule has 1 aliphatic heterocycles. The molecule has 0 amide bonds. The van der Waals surface area contributed by atoms with Gasteiger partial charge < -0.3 is 4.90 Å². The molecule has 1 nitrogen and oxygen atoms in total. The molecule has 0 N–H and O–H groups in total. The fourth-order valence-corrected chi connectivity index (χ4v) is 3.01. The fraction of sp³-hybridized carbons (Fsp3) is 0.684. The highest BCUT2D eigenvalue weighted by Crippen LogP contribution is 2.36. The highest BCUT2D eigenvalue weighted by atomic mass is 15.1. The van der Waals surface area contributed by atoms with E-state index < -0.39 is 0 Å². The molecule has 0 aliphatic carbocycles. The first-order valence-electron chi connectivity index (χ1n) is 8.09. The summed E-state index contributed by atoms with van der Waals surface area (Å²) in [5.74, 6) is 0. The van der Waals surface area contributed by atoms with Crippen LogP contribution in [0.25, 0.3) is 0 Å². The predicted octanol–water partition coefficient (Wildman–Crippen LogP) is 5.27. The summed E-state index contributed by atoms with van der Waals surface area (Å²) < 4.78 is 0. The lowest BCUT2D eigenvalue weighted by atomic mass is 9.79. The van der Waals surface area contributed by atoms with E-state index >= 15 is 0 Å². The maximum Gasteiger partial charge on any atom is 0.0404 e. The average Bonchev–Trinajstić information content (AvgIpc) is 2.37. The quantitative estimate of drug-likeness (QED) is 0.673. The Kier molecular flexibility index (Phi) is 4.18. The SMILES string of the molecule is CC(C)(C)c1ccc(N2CCCCC2)c(C(C)(C)C)c1. The van der Waals surface area contributed by atoms with Gasteiger partial charge in [0.1, 0.15) is 0 Å². The van der Waals surface area contributed by atoms with Crippen LogP contribution in [-0.4, -0.2) is 13.1 Å². The van der Waals surface area contributed by atoms with E-state index in [9.17, 15) is 0 Å². The summed E-state index contributed by atoms with van der Waals surface area (Å²) in [4.78, 5) is 2.59. The molecule has 0 atom stereocenters. The summed E-state index contributed by atoms with van der Waals surface area (Å²) in [6.45, 7) is 16.3. The first-order valence-corrected chi connectivity index (χ1v) is 8.09. The molecular weight excluding hydrogens is 242 g/mol. The van der Waals surface area contributed by atoms with Gasteiger partial charge in [-0.25, -0.2) is 0 Å². The van der Waals surface area contributed by atoms with Gasteiger partial charge in [-0.3, -0.25) is 0 Å². The Morgan fingerprint density at radius 3 is 1.90 bits per heavy atom. The van der Waals surface area contributed by atoms with E-state index in [2.05, 4.69) is 64.6 Å². The zero-order chi connectivity index (χ0) is 15.0. The fourth-order valence-electron chi connectivity index (χ4n) is 3.01. The summed E-state index contributed by atoms with van der Waals surface area (Å²) >= 11 is 0. The van der Waals surface area contributed by atoms with Crippen molar-refractivity contribution in [1.29, 1.82) is 0 Å². The van der Waals surface area contributed by atoms with Gasteiger partial charge in [0.15, 0.2) is 0 Å². The summed E-state index contributed by atoms with van der Waals surface area (Å²) in [7, 11) is 0. The highest BCUT2D eigenvalue weighted by Gasteiger charge is 2.25. The Hall–Kier alpha value is -0.980. The molecule has 1 heterocycles. The van der Waals surface area contributed by atoms with Crippen molar-refractivity contribution in [2.75, 3.05) is 18.0 Å². The molecule has 0 radical (unpaired) electrons. The van der Waals surface area contributed by atoms with Crippen LogP contribution < -0.4 is 4.90 Å². The zero-order valence-electron chi connectivity index (χ0n) is 14.2. The normalized spacial score (nSPS) is 17.4. The second kappa shape index (κ2) is 5.42. The second-order valence-corrected chi connectivity index (χ2v) is 8.28. The predicted molar refractivity (Wildman–Crippen MR) is 89.9 cm³/mol. The molecule has 0 bridgehead atoms. The van der Waals surface area contributed by atoms with Crippen LogP contribution in [0.2, 0.25) is 0 Å². The minimum absolute atomic E-state index is 0.202. The molecular formula is C19H31N. The standard InChI is InChI=1S/C19H31N/c1-18(2,3)15-10-11-17(16(14-15)19(4,5)6)20-12-8-7-9-13-20/h10-11,14H,7-9,12-13H2,1-6H3. The van der Waals surface area contributed by atoms with E-state index in [0.717, 1.165) is 0 Å². The smallest absolute Gasteiger partial charge is 0.0404 e. The van der Waals surface area contributed by atoms with Gasteiger partial charge in [-0.2, -0.15) is 0 Å². The van der Waals surface area contributed by atoms with E-state index in [-0.39, 0.29) is 10.8 Å². The van der Waals surface area contributed by atoms with Crippen LogP contribution in [0.5, 0.6) is 0 Å². The molecule has 1 aliphatic rings. The van der Waals surface area contributed by atoms with E-state index in [1.54, 1.807) is 0 Å². The maximum atomic E-state index is 2.59. The lowest BCUT2D eigenvalue weighted by Crippen LogP contribution is -2.32. The van der Waals surface area contributed by atoms with Crippen molar-refractivity contribution in [3.63, 3.8) is 0 Å². The minimum atomic E-state index is 0.202. The lowest BCUT2D eigenvalue weighted by molar-refractivity contribution is 0.549. The summed E-state index contributed by atoms with van der Waals surface area (Å²) in [6.07, 6.45) is 4.07. The number of nitrogens with zero attached hydrogens (tertiary/aromatic N) is 1. The number of benzene rings is 1. The molecule has 1 heteroatoms. The molecule has 0 spiro atoms. The Labute approximate surface area is 125 Å². The number of hydrogen-bond donors (Lipinski definition) is 0. The van der Waals surface area contributed by atoms with Crippen LogP contribution in [-0.2, 0) is 10.8 Å². The molecule has 112 valence electrons. The van der Waals surface area contributed by atoms with Gasteiger partial charge in [0, 0.05) is 18.8 Å². The van der Waals surface area contributed by atoms with Crippen molar-refractivity contribution in [3.05, 3.63) is 29.3 Å². The van der Waals surface area contributed by atoms with Gasteiger partial charge in [0.2, 0.25) is 0 Å². The second-order valence-electron chi connectivity index (χ2n) is 8.28.